The summed E-state index contributed by atoms with van der Waals surface area (Å²) in [5, 5.41) is 5.11. The van der Waals surface area contributed by atoms with Crippen LogP contribution in [0, 0.1) is 6.92 Å². The number of rotatable bonds is 3. The number of benzene rings is 1. The van der Waals surface area contributed by atoms with Crippen LogP contribution in [0.1, 0.15) is 26.3 Å². The summed E-state index contributed by atoms with van der Waals surface area (Å²) in [5.41, 5.74) is 2.12. The maximum atomic E-state index is 12.0. The Labute approximate surface area is 144 Å². The molecule has 1 fully saturated rings. The van der Waals surface area contributed by atoms with Gasteiger partial charge in [0.15, 0.2) is 0 Å². The molecule has 2 N–H and O–H groups in total. The first-order valence-electron chi connectivity index (χ1n) is 8.39. The van der Waals surface area contributed by atoms with Gasteiger partial charge in [-0.1, -0.05) is 12.1 Å². The Kier molecular flexibility index (Phi) is 5.83. The van der Waals surface area contributed by atoms with Gasteiger partial charge in [0.25, 0.3) is 0 Å². The molecule has 1 aromatic carbocycles. The van der Waals surface area contributed by atoms with Crippen molar-refractivity contribution < 1.29 is 9.59 Å². The first-order valence-corrected chi connectivity index (χ1v) is 8.39. The summed E-state index contributed by atoms with van der Waals surface area (Å²) >= 11 is 0. The minimum Gasteiger partial charge on any atom is -0.369 e. The average Bonchev–Trinajstić information content (AvgIpc) is 2.45. The molecule has 1 aromatic rings. The lowest BCUT2D eigenvalue weighted by Crippen LogP contribution is -2.53. The third-order valence-electron chi connectivity index (χ3n) is 3.85. The molecule has 3 amide bonds. The molecule has 1 aliphatic rings. The van der Waals surface area contributed by atoms with Crippen molar-refractivity contribution in [1.29, 1.82) is 0 Å². The molecular weight excluding hydrogens is 304 g/mol. The number of amides is 3. The summed E-state index contributed by atoms with van der Waals surface area (Å²) < 4.78 is 0. The molecule has 0 unspecified atom stereocenters. The van der Waals surface area contributed by atoms with Gasteiger partial charge >= 0.3 is 6.03 Å². The summed E-state index contributed by atoms with van der Waals surface area (Å²) in [6.07, 6.45) is 0. The number of carbonyl (C=O) groups is 2. The van der Waals surface area contributed by atoms with Gasteiger partial charge in [-0.15, -0.1) is 0 Å². The zero-order valence-corrected chi connectivity index (χ0v) is 15.1. The SMILES string of the molecule is Cc1cccc(N2CCN(CC(=O)NC(=O)NC(C)(C)C)CC2)c1. The first-order chi connectivity index (χ1) is 11.2. The summed E-state index contributed by atoms with van der Waals surface area (Å²) in [4.78, 5) is 28.1. The van der Waals surface area contributed by atoms with E-state index in [9.17, 15) is 9.59 Å². The third-order valence-corrected chi connectivity index (χ3v) is 3.85. The van der Waals surface area contributed by atoms with Crippen LogP contribution >= 0.6 is 0 Å². The van der Waals surface area contributed by atoms with E-state index in [2.05, 4.69) is 51.6 Å². The van der Waals surface area contributed by atoms with E-state index in [1.807, 2.05) is 20.8 Å². The summed E-state index contributed by atoms with van der Waals surface area (Å²) in [5.74, 6) is -0.263. The fraction of sp³-hybridized carbons (Fsp3) is 0.556. The molecule has 132 valence electrons. The fourth-order valence-corrected chi connectivity index (χ4v) is 2.73. The molecule has 6 nitrogen and oxygen atoms in total. The maximum Gasteiger partial charge on any atom is 0.321 e. The second kappa shape index (κ2) is 7.66. The number of aryl methyl sites for hydroxylation is 1. The largest absolute Gasteiger partial charge is 0.369 e. The first kappa shape index (κ1) is 18.3. The van der Waals surface area contributed by atoms with Crippen molar-refractivity contribution in [1.82, 2.24) is 15.5 Å². The van der Waals surface area contributed by atoms with Gasteiger partial charge in [0.05, 0.1) is 6.54 Å². The van der Waals surface area contributed by atoms with Crippen LogP contribution in [0.4, 0.5) is 10.5 Å². The molecule has 24 heavy (non-hydrogen) atoms. The van der Waals surface area contributed by atoms with E-state index in [-0.39, 0.29) is 18.0 Å². The number of imide groups is 1. The lowest BCUT2D eigenvalue weighted by Gasteiger charge is -2.35. The number of hydrogen-bond donors (Lipinski definition) is 2. The minimum absolute atomic E-state index is 0.249. The highest BCUT2D eigenvalue weighted by Gasteiger charge is 2.21. The molecule has 0 aromatic heterocycles. The molecule has 1 saturated heterocycles. The number of urea groups is 1. The van der Waals surface area contributed by atoms with Gasteiger partial charge in [0.1, 0.15) is 0 Å². The zero-order chi connectivity index (χ0) is 17.7. The quantitative estimate of drug-likeness (QED) is 0.885. The highest BCUT2D eigenvalue weighted by atomic mass is 16.2. The van der Waals surface area contributed by atoms with E-state index < -0.39 is 6.03 Å². The van der Waals surface area contributed by atoms with Crippen molar-refractivity contribution in [3.8, 4) is 0 Å². The molecule has 1 heterocycles. The van der Waals surface area contributed by atoms with E-state index in [0.717, 1.165) is 26.2 Å². The summed E-state index contributed by atoms with van der Waals surface area (Å²) in [6, 6.07) is 8.02. The Hall–Kier alpha value is -2.08. The van der Waals surface area contributed by atoms with Gasteiger partial charge in [0, 0.05) is 37.4 Å². The van der Waals surface area contributed by atoms with Crippen molar-refractivity contribution in [3.05, 3.63) is 29.8 Å². The van der Waals surface area contributed by atoms with E-state index in [1.165, 1.54) is 11.3 Å². The minimum atomic E-state index is -0.439. The van der Waals surface area contributed by atoms with Crippen molar-refractivity contribution >= 4 is 17.6 Å². The van der Waals surface area contributed by atoms with Gasteiger partial charge in [-0.2, -0.15) is 0 Å². The second-order valence-electron chi connectivity index (χ2n) is 7.35. The number of piperazine rings is 1. The number of anilines is 1. The van der Waals surface area contributed by atoms with Gasteiger partial charge in [-0.05, 0) is 45.4 Å². The highest BCUT2D eigenvalue weighted by Crippen LogP contribution is 2.17. The zero-order valence-electron chi connectivity index (χ0n) is 15.1. The van der Waals surface area contributed by atoms with E-state index in [4.69, 9.17) is 0 Å². The van der Waals surface area contributed by atoms with Crippen LogP contribution in [0.3, 0.4) is 0 Å². The normalized spacial score (nSPS) is 15.9. The lowest BCUT2D eigenvalue weighted by molar-refractivity contribution is -0.121. The average molecular weight is 332 g/mol. The molecule has 6 heteroatoms. The van der Waals surface area contributed by atoms with Crippen LogP contribution in [-0.2, 0) is 4.79 Å². The van der Waals surface area contributed by atoms with Crippen LogP contribution in [0.15, 0.2) is 24.3 Å². The number of nitrogens with zero attached hydrogens (tertiary/aromatic N) is 2. The predicted molar refractivity (Wildman–Crippen MR) is 96.3 cm³/mol. The van der Waals surface area contributed by atoms with Gasteiger partial charge in [-0.25, -0.2) is 4.79 Å². The smallest absolute Gasteiger partial charge is 0.321 e. The van der Waals surface area contributed by atoms with Gasteiger partial charge in [0.2, 0.25) is 5.91 Å². The van der Waals surface area contributed by atoms with Crippen molar-refractivity contribution in [2.24, 2.45) is 0 Å². The van der Waals surface area contributed by atoms with Crippen molar-refractivity contribution in [2.75, 3.05) is 37.6 Å². The fourth-order valence-electron chi connectivity index (χ4n) is 2.73. The number of nitrogens with one attached hydrogen (secondary N) is 2. The Balaban J connectivity index is 1.76. The van der Waals surface area contributed by atoms with Crippen LogP contribution in [-0.4, -0.2) is 55.1 Å². The van der Waals surface area contributed by atoms with Gasteiger partial charge < -0.3 is 10.2 Å². The van der Waals surface area contributed by atoms with Crippen molar-refractivity contribution in [3.63, 3.8) is 0 Å². The molecular formula is C18H28N4O2. The Morgan fingerprint density at radius 3 is 2.38 bits per heavy atom. The molecule has 0 radical (unpaired) electrons. The predicted octanol–water partition coefficient (Wildman–Crippen LogP) is 1.74. The highest BCUT2D eigenvalue weighted by molar-refractivity contribution is 5.95. The second-order valence-corrected chi connectivity index (χ2v) is 7.35. The molecule has 0 saturated carbocycles. The third kappa shape index (κ3) is 5.85. The van der Waals surface area contributed by atoms with Crippen LogP contribution in [0.5, 0.6) is 0 Å². The standard InChI is InChI=1S/C18H28N4O2/c1-14-6-5-7-15(12-14)22-10-8-21(9-11-22)13-16(23)19-17(24)20-18(2,3)4/h5-7,12H,8-11,13H2,1-4H3,(H2,19,20,23,24). The molecule has 0 atom stereocenters. The maximum absolute atomic E-state index is 12.0. The van der Waals surface area contributed by atoms with E-state index >= 15 is 0 Å². The topological polar surface area (TPSA) is 64.7 Å². The Morgan fingerprint density at radius 2 is 1.79 bits per heavy atom. The van der Waals surface area contributed by atoms with Crippen LogP contribution < -0.4 is 15.5 Å². The monoisotopic (exact) mass is 332 g/mol. The molecule has 1 aliphatic heterocycles. The number of hydrogen-bond acceptors (Lipinski definition) is 4. The van der Waals surface area contributed by atoms with Crippen LogP contribution in [0.25, 0.3) is 0 Å². The summed E-state index contributed by atoms with van der Waals surface area (Å²) in [7, 11) is 0. The lowest BCUT2D eigenvalue weighted by atomic mass is 10.1. The molecule has 0 bridgehead atoms. The Morgan fingerprint density at radius 1 is 1.12 bits per heavy atom. The molecule has 0 spiro atoms. The number of carbonyl (C=O) groups excluding carboxylic acids is 2. The van der Waals surface area contributed by atoms with E-state index in [1.54, 1.807) is 0 Å². The summed E-state index contributed by atoms with van der Waals surface area (Å²) in [6.45, 7) is 11.3. The molecule has 0 aliphatic carbocycles. The molecule has 2 rings (SSSR count). The van der Waals surface area contributed by atoms with Crippen molar-refractivity contribution in [2.45, 2.75) is 33.2 Å². The van der Waals surface area contributed by atoms with E-state index in [0.29, 0.717) is 0 Å². The Bertz CT molecular complexity index is 587. The van der Waals surface area contributed by atoms with Gasteiger partial charge in [-0.3, -0.25) is 15.0 Å². The van der Waals surface area contributed by atoms with Crippen LogP contribution in [0.2, 0.25) is 0 Å².